The van der Waals surface area contributed by atoms with E-state index in [0.717, 1.165) is 13.0 Å². The molecule has 0 aliphatic heterocycles. The Labute approximate surface area is 168 Å². The molecule has 156 valence electrons. The van der Waals surface area contributed by atoms with Crippen molar-refractivity contribution in [3.63, 3.8) is 0 Å². The van der Waals surface area contributed by atoms with Crippen LogP contribution in [0.25, 0.3) is 0 Å². The standard InChI is InChI=1S/C23H41FO2Si/c1-4-5-6-7-8-9-10-11-12-13-14-15-16-20-25-27(2,3)26-23-19-17-18-22(24)21-23/h17-19,21H,4-16,20H2,1-3H3. The summed E-state index contributed by atoms with van der Waals surface area (Å²) >= 11 is 0. The van der Waals surface area contributed by atoms with Crippen LogP contribution in [0.5, 0.6) is 5.75 Å². The number of unbranched alkanes of at least 4 members (excludes halogenated alkanes) is 12. The first-order valence-electron chi connectivity index (χ1n) is 11.1. The lowest BCUT2D eigenvalue weighted by Crippen LogP contribution is -2.38. The molecule has 0 aliphatic carbocycles. The SMILES string of the molecule is CCCCCCCCCCCCCCCO[Si](C)(C)Oc1cccc(F)c1. The molecule has 4 heteroatoms. The molecule has 0 spiro atoms. The van der Waals surface area contributed by atoms with E-state index in [2.05, 4.69) is 6.92 Å². The minimum atomic E-state index is -2.24. The maximum atomic E-state index is 13.2. The van der Waals surface area contributed by atoms with Gasteiger partial charge in [-0.05, 0) is 31.6 Å². The Morgan fingerprint density at radius 1 is 0.778 bits per heavy atom. The molecule has 0 saturated carbocycles. The molecule has 0 fully saturated rings. The monoisotopic (exact) mass is 396 g/mol. The molecule has 1 aromatic carbocycles. The van der Waals surface area contributed by atoms with E-state index < -0.39 is 8.56 Å². The average Bonchev–Trinajstić information content (AvgIpc) is 2.61. The lowest BCUT2D eigenvalue weighted by atomic mass is 10.0. The fourth-order valence-electron chi connectivity index (χ4n) is 3.28. The topological polar surface area (TPSA) is 18.5 Å². The molecule has 2 nitrogen and oxygen atoms in total. The third-order valence-electron chi connectivity index (χ3n) is 4.86. The van der Waals surface area contributed by atoms with Crippen molar-refractivity contribution in [2.24, 2.45) is 0 Å². The lowest BCUT2D eigenvalue weighted by molar-refractivity contribution is 0.240. The molecule has 0 aliphatic rings. The maximum Gasteiger partial charge on any atom is 0.392 e. The summed E-state index contributed by atoms with van der Waals surface area (Å²) in [6.07, 6.45) is 17.6. The van der Waals surface area contributed by atoms with E-state index >= 15 is 0 Å². The molecule has 0 radical (unpaired) electrons. The van der Waals surface area contributed by atoms with Crippen LogP contribution in [0.15, 0.2) is 24.3 Å². The molecule has 0 unspecified atom stereocenters. The molecule has 0 aromatic heterocycles. The maximum absolute atomic E-state index is 13.2. The van der Waals surface area contributed by atoms with Gasteiger partial charge < -0.3 is 8.85 Å². The molecule has 27 heavy (non-hydrogen) atoms. The van der Waals surface area contributed by atoms with Gasteiger partial charge in [0, 0.05) is 12.7 Å². The Morgan fingerprint density at radius 2 is 1.30 bits per heavy atom. The first kappa shape index (κ1) is 24.2. The summed E-state index contributed by atoms with van der Waals surface area (Å²) in [6, 6.07) is 6.30. The number of benzene rings is 1. The number of hydrogen-bond acceptors (Lipinski definition) is 2. The summed E-state index contributed by atoms with van der Waals surface area (Å²) < 4.78 is 25.1. The Kier molecular flexibility index (Phi) is 13.5. The van der Waals surface area contributed by atoms with E-state index in [1.54, 1.807) is 12.1 Å². The highest BCUT2D eigenvalue weighted by Crippen LogP contribution is 2.18. The van der Waals surface area contributed by atoms with Crippen LogP contribution in [0.2, 0.25) is 13.1 Å². The highest BCUT2D eigenvalue weighted by atomic mass is 28.4. The highest BCUT2D eigenvalue weighted by molar-refractivity contribution is 6.65. The van der Waals surface area contributed by atoms with E-state index in [4.69, 9.17) is 8.85 Å². The fraction of sp³-hybridized carbons (Fsp3) is 0.739. The summed E-state index contributed by atoms with van der Waals surface area (Å²) in [6.45, 7) is 7.04. The second-order valence-corrected chi connectivity index (χ2v) is 11.3. The first-order chi connectivity index (χ1) is 13.0. The van der Waals surface area contributed by atoms with Crippen LogP contribution in [0, 0.1) is 5.82 Å². The smallest absolute Gasteiger partial charge is 0.392 e. The minimum absolute atomic E-state index is 0.270. The summed E-state index contributed by atoms with van der Waals surface area (Å²) in [5.41, 5.74) is 0. The molecule has 0 saturated heterocycles. The van der Waals surface area contributed by atoms with Gasteiger partial charge in [-0.15, -0.1) is 0 Å². The Bertz CT molecular complexity index is 479. The molecular weight excluding hydrogens is 355 g/mol. The zero-order valence-electron chi connectivity index (χ0n) is 17.9. The van der Waals surface area contributed by atoms with Crippen molar-refractivity contribution < 1.29 is 13.2 Å². The van der Waals surface area contributed by atoms with Gasteiger partial charge in [-0.3, -0.25) is 0 Å². The molecule has 0 bridgehead atoms. The van der Waals surface area contributed by atoms with Crippen LogP contribution < -0.4 is 4.43 Å². The van der Waals surface area contributed by atoms with E-state index in [9.17, 15) is 4.39 Å². The van der Waals surface area contributed by atoms with Gasteiger partial charge in [0.05, 0.1) is 0 Å². The van der Waals surface area contributed by atoms with Crippen molar-refractivity contribution in [3.8, 4) is 5.75 Å². The van der Waals surface area contributed by atoms with Gasteiger partial charge in [-0.25, -0.2) is 4.39 Å². The summed E-state index contributed by atoms with van der Waals surface area (Å²) in [5.74, 6) is 0.297. The van der Waals surface area contributed by atoms with Gasteiger partial charge in [0.25, 0.3) is 0 Å². The van der Waals surface area contributed by atoms with Crippen LogP contribution in [0.4, 0.5) is 4.39 Å². The molecule has 0 N–H and O–H groups in total. The Balaban J connectivity index is 1.92. The predicted octanol–water partition coefficient (Wildman–Crippen LogP) is 8.01. The summed E-state index contributed by atoms with van der Waals surface area (Å²) in [7, 11) is -2.24. The lowest BCUT2D eigenvalue weighted by Gasteiger charge is -2.23. The second-order valence-electron chi connectivity index (χ2n) is 8.05. The average molecular weight is 397 g/mol. The van der Waals surface area contributed by atoms with Crippen LogP contribution in [0.3, 0.4) is 0 Å². The minimum Gasteiger partial charge on any atom is -0.520 e. The number of hydrogen-bond donors (Lipinski definition) is 0. The van der Waals surface area contributed by atoms with E-state index in [0.29, 0.717) is 5.75 Å². The van der Waals surface area contributed by atoms with Crippen molar-refractivity contribution in [1.29, 1.82) is 0 Å². The zero-order chi connectivity index (χ0) is 19.8. The van der Waals surface area contributed by atoms with Gasteiger partial charge in [0.2, 0.25) is 0 Å². The van der Waals surface area contributed by atoms with Crippen molar-refractivity contribution in [1.82, 2.24) is 0 Å². The van der Waals surface area contributed by atoms with E-state index in [-0.39, 0.29) is 5.82 Å². The Morgan fingerprint density at radius 3 is 1.81 bits per heavy atom. The molecule has 0 amide bonds. The largest absolute Gasteiger partial charge is 0.520 e. The van der Waals surface area contributed by atoms with Crippen molar-refractivity contribution >= 4 is 8.56 Å². The predicted molar refractivity (Wildman–Crippen MR) is 116 cm³/mol. The van der Waals surface area contributed by atoms with Crippen LogP contribution >= 0.6 is 0 Å². The Hall–Kier alpha value is -0.873. The van der Waals surface area contributed by atoms with Crippen LogP contribution in [-0.4, -0.2) is 15.2 Å². The van der Waals surface area contributed by atoms with E-state index in [1.165, 1.54) is 89.2 Å². The molecule has 1 rings (SSSR count). The van der Waals surface area contributed by atoms with Crippen LogP contribution in [0.1, 0.15) is 90.4 Å². The van der Waals surface area contributed by atoms with Gasteiger partial charge in [0.1, 0.15) is 11.6 Å². The first-order valence-corrected chi connectivity index (χ1v) is 13.9. The third kappa shape index (κ3) is 13.9. The highest BCUT2D eigenvalue weighted by Gasteiger charge is 2.26. The van der Waals surface area contributed by atoms with Gasteiger partial charge in [0.15, 0.2) is 0 Å². The summed E-state index contributed by atoms with van der Waals surface area (Å²) in [5, 5.41) is 0. The van der Waals surface area contributed by atoms with Crippen molar-refractivity contribution in [2.45, 2.75) is 103 Å². The van der Waals surface area contributed by atoms with Gasteiger partial charge in [-0.2, -0.15) is 0 Å². The van der Waals surface area contributed by atoms with Crippen molar-refractivity contribution in [3.05, 3.63) is 30.1 Å². The molecule has 1 aromatic rings. The van der Waals surface area contributed by atoms with Gasteiger partial charge >= 0.3 is 8.56 Å². The number of halogens is 1. The van der Waals surface area contributed by atoms with E-state index in [1.807, 2.05) is 13.1 Å². The second kappa shape index (κ2) is 15.1. The molecule has 0 heterocycles. The molecular formula is C23H41FO2Si. The molecule has 0 atom stereocenters. The normalized spacial score (nSPS) is 11.7. The zero-order valence-corrected chi connectivity index (χ0v) is 18.9. The summed E-state index contributed by atoms with van der Waals surface area (Å²) in [4.78, 5) is 0. The third-order valence-corrected chi connectivity index (χ3v) is 6.48. The number of rotatable bonds is 17. The van der Waals surface area contributed by atoms with Gasteiger partial charge in [-0.1, -0.05) is 90.0 Å². The van der Waals surface area contributed by atoms with Crippen LogP contribution in [-0.2, 0) is 4.43 Å². The van der Waals surface area contributed by atoms with Crippen molar-refractivity contribution in [2.75, 3.05) is 6.61 Å². The quantitative estimate of drug-likeness (QED) is 0.196. The fourth-order valence-corrected chi connectivity index (χ4v) is 4.67.